The van der Waals surface area contributed by atoms with Gasteiger partial charge in [-0.05, 0) is 27.7 Å². The minimum absolute atomic E-state index is 0. The summed E-state index contributed by atoms with van der Waals surface area (Å²) in [4.78, 5) is 0. The third-order valence-corrected chi connectivity index (χ3v) is 2.68. The molecule has 0 aliphatic heterocycles. The molecule has 0 aromatic carbocycles. The molecular formula is C8H24ClNP+. The van der Waals surface area contributed by atoms with Crippen molar-refractivity contribution in [3.63, 3.8) is 0 Å². The van der Waals surface area contributed by atoms with Gasteiger partial charge >= 0.3 is 0 Å². The summed E-state index contributed by atoms with van der Waals surface area (Å²) < 4.78 is 1.28. The van der Waals surface area contributed by atoms with Crippen LogP contribution in [0.5, 0.6) is 0 Å². The Morgan fingerprint density at radius 3 is 0.909 bits per heavy atom. The van der Waals surface area contributed by atoms with Crippen molar-refractivity contribution in [1.29, 1.82) is 0 Å². The van der Waals surface area contributed by atoms with Crippen LogP contribution in [0.15, 0.2) is 0 Å². The molecule has 0 bridgehead atoms. The molecule has 1 nitrogen and oxygen atoms in total. The van der Waals surface area contributed by atoms with Gasteiger partial charge in [-0.2, -0.15) is 9.90 Å². The van der Waals surface area contributed by atoms with E-state index in [4.69, 9.17) is 0 Å². The highest BCUT2D eigenvalue weighted by atomic mass is 35.5. The van der Waals surface area contributed by atoms with Crippen LogP contribution in [0.25, 0.3) is 0 Å². The Morgan fingerprint density at radius 2 is 0.909 bits per heavy atom. The first-order valence-electron chi connectivity index (χ1n) is 4.09. The average Bonchev–Trinajstić information content (AvgIpc) is 1.95. The van der Waals surface area contributed by atoms with Gasteiger partial charge in [0, 0.05) is 0 Å². The van der Waals surface area contributed by atoms with Crippen LogP contribution in [0.2, 0.25) is 0 Å². The van der Waals surface area contributed by atoms with E-state index in [9.17, 15) is 0 Å². The first-order chi connectivity index (χ1) is 4.24. The third-order valence-electron chi connectivity index (χ3n) is 2.68. The summed E-state index contributed by atoms with van der Waals surface area (Å²) in [5.74, 6) is 0. The van der Waals surface area contributed by atoms with Gasteiger partial charge in [0.25, 0.3) is 0 Å². The van der Waals surface area contributed by atoms with Gasteiger partial charge in [0.1, 0.15) is 0 Å². The van der Waals surface area contributed by atoms with E-state index in [0.717, 1.165) is 0 Å². The lowest BCUT2D eigenvalue weighted by Crippen LogP contribution is -2.47. The SMILES string of the molecule is CC[N+](CC)(CC)CC.Cl.P. The van der Waals surface area contributed by atoms with Crippen LogP contribution in [-0.2, 0) is 0 Å². The molecule has 11 heavy (non-hydrogen) atoms. The second kappa shape index (κ2) is 8.77. The Hall–Kier alpha value is 0.680. The van der Waals surface area contributed by atoms with Crippen molar-refractivity contribution in [2.24, 2.45) is 0 Å². The number of rotatable bonds is 4. The van der Waals surface area contributed by atoms with Gasteiger partial charge in [0.05, 0.1) is 26.2 Å². The van der Waals surface area contributed by atoms with Crippen molar-refractivity contribution in [2.45, 2.75) is 27.7 Å². The normalized spacial score (nSPS) is 9.82. The van der Waals surface area contributed by atoms with E-state index in [-0.39, 0.29) is 22.3 Å². The molecule has 0 rings (SSSR count). The van der Waals surface area contributed by atoms with Crippen molar-refractivity contribution in [2.75, 3.05) is 26.2 Å². The van der Waals surface area contributed by atoms with E-state index in [2.05, 4.69) is 27.7 Å². The summed E-state index contributed by atoms with van der Waals surface area (Å²) in [6, 6.07) is 0. The topological polar surface area (TPSA) is 0 Å². The Kier molecular flexibility index (Phi) is 14.1. The average molecular weight is 201 g/mol. The van der Waals surface area contributed by atoms with Gasteiger partial charge in [0.2, 0.25) is 0 Å². The smallest absolute Gasteiger partial charge is 0.0757 e. The zero-order valence-electron chi connectivity index (χ0n) is 8.39. The molecule has 0 saturated heterocycles. The van der Waals surface area contributed by atoms with E-state index in [1.807, 2.05) is 0 Å². The van der Waals surface area contributed by atoms with Crippen LogP contribution in [0, 0.1) is 0 Å². The lowest BCUT2D eigenvalue weighted by atomic mass is 10.3. The fourth-order valence-electron chi connectivity index (χ4n) is 1.34. The van der Waals surface area contributed by atoms with Crippen molar-refractivity contribution in [3.8, 4) is 0 Å². The maximum absolute atomic E-state index is 2.27. The van der Waals surface area contributed by atoms with Crippen LogP contribution >= 0.6 is 22.3 Å². The van der Waals surface area contributed by atoms with Gasteiger partial charge in [-0.3, -0.25) is 0 Å². The van der Waals surface area contributed by atoms with E-state index in [1.165, 1.54) is 30.7 Å². The van der Waals surface area contributed by atoms with Gasteiger partial charge in [0.15, 0.2) is 0 Å². The molecule has 0 heterocycles. The molecule has 3 heteroatoms. The summed E-state index contributed by atoms with van der Waals surface area (Å²) in [5.41, 5.74) is 0. The Labute approximate surface area is 81.2 Å². The lowest BCUT2D eigenvalue weighted by molar-refractivity contribution is -0.921. The van der Waals surface area contributed by atoms with Crippen molar-refractivity contribution >= 4 is 22.3 Å². The molecule has 1 unspecified atom stereocenters. The largest absolute Gasteiger partial charge is 0.325 e. The summed E-state index contributed by atoms with van der Waals surface area (Å²) >= 11 is 0. The number of hydrogen-bond donors (Lipinski definition) is 0. The number of quaternary nitrogens is 1. The summed E-state index contributed by atoms with van der Waals surface area (Å²) in [7, 11) is 0. The van der Waals surface area contributed by atoms with Gasteiger partial charge in [-0.15, -0.1) is 12.4 Å². The van der Waals surface area contributed by atoms with Gasteiger partial charge in [-0.25, -0.2) is 0 Å². The van der Waals surface area contributed by atoms with Gasteiger partial charge in [-0.1, -0.05) is 0 Å². The van der Waals surface area contributed by atoms with E-state index in [1.54, 1.807) is 0 Å². The molecule has 0 aliphatic carbocycles. The standard InChI is InChI=1S/C8H20N.ClH.H3P/c1-5-9(6-2,7-3)8-4;;/h5-8H2,1-4H3;1H;1H3/q+1;;. The summed E-state index contributed by atoms with van der Waals surface area (Å²) in [6.45, 7) is 14.2. The Bertz CT molecular complexity index is 57.0. The molecule has 1 atom stereocenters. The van der Waals surface area contributed by atoms with Crippen LogP contribution in [-0.4, -0.2) is 30.7 Å². The molecular weight excluding hydrogens is 177 g/mol. The maximum Gasteiger partial charge on any atom is 0.0757 e. The van der Waals surface area contributed by atoms with Crippen LogP contribution in [0.4, 0.5) is 0 Å². The van der Waals surface area contributed by atoms with Crippen LogP contribution in [0.3, 0.4) is 0 Å². The van der Waals surface area contributed by atoms with Crippen molar-refractivity contribution in [1.82, 2.24) is 0 Å². The minimum atomic E-state index is 0. The van der Waals surface area contributed by atoms with Crippen LogP contribution < -0.4 is 0 Å². The van der Waals surface area contributed by atoms with E-state index in [0.29, 0.717) is 0 Å². The zero-order valence-corrected chi connectivity index (χ0v) is 10.6. The van der Waals surface area contributed by atoms with Gasteiger partial charge < -0.3 is 4.48 Å². The molecule has 0 saturated carbocycles. The minimum Gasteiger partial charge on any atom is -0.325 e. The quantitative estimate of drug-likeness (QED) is 0.483. The Morgan fingerprint density at radius 1 is 0.727 bits per heavy atom. The highest BCUT2D eigenvalue weighted by Gasteiger charge is 2.16. The van der Waals surface area contributed by atoms with Crippen LogP contribution in [0.1, 0.15) is 27.7 Å². The fourth-order valence-corrected chi connectivity index (χ4v) is 1.34. The molecule has 0 radical (unpaired) electrons. The van der Waals surface area contributed by atoms with E-state index < -0.39 is 0 Å². The molecule has 0 spiro atoms. The third kappa shape index (κ3) is 5.00. The fraction of sp³-hybridized carbons (Fsp3) is 1.00. The molecule has 0 amide bonds. The first kappa shape index (κ1) is 17.7. The highest BCUT2D eigenvalue weighted by molar-refractivity contribution is 6.92. The molecule has 0 fully saturated rings. The second-order valence-corrected chi connectivity index (χ2v) is 2.61. The molecule has 72 valence electrons. The predicted octanol–water partition coefficient (Wildman–Crippen LogP) is 2.36. The lowest BCUT2D eigenvalue weighted by Gasteiger charge is -2.34. The summed E-state index contributed by atoms with van der Waals surface area (Å²) in [5, 5.41) is 0. The van der Waals surface area contributed by atoms with Crippen molar-refractivity contribution < 1.29 is 4.48 Å². The first-order valence-corrected chi connectivity index (χ1v) is 4.09. The maximum atomic E-state index is 2.27. The second-order valence-electron chi connectivity index (χ2n) is 2.61. The molecule has 0 aromatic rings. The molecule has 0 aliphatic rings. The number of hydrogen-bond acceptors (Lipinski definition) is 0. The van der Waals surface area contributed by atoms with E-state index >= 15 is 0 Å². The molecule has 0 N–H and O–H groups in total. The highest BCUT2D eigenvalue weighted by Crippen LogP contribution is 2.03. The number of halogens is 1. The Balaban J connectivity index is -0.000000320. The molecule has 0 aromatic heterocycles. The zero-order chi connectivity index (χ0) is 7.33. The predicted molar refractivity (Wildman–Crippen MR) is 60.8 cm³/mol. The monoisotopic (exact) mass is 200 g/mol. The summed E-state index contributed by atoms with van der Waals surface area (Å²) in [6.07, 6.45) is 0. The number of nitrogens with zero attached hydrogens (tertiary/aromatic N) is 1. The van der Waals surface area contributed by atoms with Crippen molar-refractivity contribution in [3.05, 3.63) is 0 Å².